The van der Waals surface area contributed by atoms with E-state index >= 15 is 0 Å². The smallest absolute Gasteiger partial charge is 0.0397 e. The molecule has 1 aliphatic carbocycles. The molecule has 0 bridgehead atoms. The van der Waals surface area contributed by atoms with Gasteiger partial charge in [-0.05, 0) is 54.5 Å². The Morgan fingerprint density at radius 2 is 1.75 bits per heavy atom. The molecule has 1 aliphatic heterocycles. The molecule has 2 unspecified atom stereocenters. The molecule has 0 N–H and O–H groups in total. The van der Waals surface area contributed by atoms with Crippen molar-refractivity contribution < 1.29 is 0 Å². The van der Waals surface area contributed by atoms with Gasteiger partial charge in [-0.1, -0.05) is 46.3 Å². The van der Waals surface area contributed by atoms with E-state index in [1.807, 2.05) is 0 Å². The van der Waals surface area contributed by atoms with Crippen LogP contribution in [0.25, 0.3) is 0 Å². The quantitative estimate of drug-likeness (QED) is 0.754. The second-order valence-electron chi connectivity index (χ2n) is 7.23. The highest BCUT2D eigenvalue weighted by atomic mass is 79.9. The van der Waals surface area contributed by atoms with Crippen LogP contribution in [0, 0.1) is 12.8 Å². The van der Waals surface area contributed by atoms with Crippen molar-refractivity contribution in [1.82, 2.24) is 4.90 Å². The summed E-state index contributed by atoms with van der Waals surface area (Å²) in [5.41, 5.74) is 4.29. The average molecular weight is 385 g/mol. The lowest BCUT2D eigenvalue weighted by atomic mass is 10.1. The predicted molar refractivity (Wildman–Crippen MR) is 105 cm³/mol. The normalized spacial score (nSPS) is 24.2. The maximum atomic E-state index is 3.56. The van der Waals surface area contributed by atoms with Crippen molar-refractivity contribution >= 4 is 21.6 Å². The van der Waals surface area contributed by atoms with Gasteiger partial charge in [-0.3, -0.25) is 4.90 Å². The van der Waals surface area contributed by atoms with Gasteiger partial charge in [0, 0.05) is 42.9 Å². The maximum absolute atomic E-state index is 3.56. The van der Waals surface area contributed by atoms with Crippen LogP contribution in [0.1, 0.15) is 23.5 Å². The van der Waals surface area contributed by atoms with Crippen LogP contribution in [0.2, 0.25) is 0 Å². The van der Waals surface area contributed by atoms with Crippen molar-refractivity contribution in [1.29, 1.82) is 0 Å². The van der Waals surface area contributed by atoms with Crippen molar-refractivity contribution in [3.8, 4) is 0 Å². The average Bonchev–Trinajstić information content (AvgIpc) is 3.36. The molecule has 2 aromatic rings. The van der Waals surface area contributed by atoms with Gasteiger partial charge in [0.1, 0.15) is 0 Å². The Hall–Kier alpha value is -1.32. The summed E-state index contributed by atoms with van der Waals surface area (Å²) in [5, 5.41) is 0. The summed E-state index contributed by atoms with van der Waals surface area (Å²) in [6, 6.07) is 17.7. The topological polar surface area (TPSA) is 6.48 Å². The third-order valence-corrected chi connectivity index (χ3v) is 6.01. The monoisotopic (exact) mass is 384 g/mol. The molecule has 1 heterocycles. The number of hydrogen-bond acceptors (Lipinski definition) is 2. The van der Waals surface area contributed by atoms with E-state index in [4.69, 9.17) is 0 Å². The van der Waals surface area contributed by atoms with Gasteiger partial charge in [-0.25, -0.2) is 0 Å². The molecule has 1 saturated carbocycles. The number of nitrogens with zero attached hydrogens (tertiary/aromatic N) is 2. The van der Waals surface area contributed by atoms with Crippen molar-refractivity contribution in [3.05, 3.63) is 64.1 Å². The molecular formula is C21H25BrN2. The molecular weight excluding hydrogens is 360 g/mol. The number of halogens is 1. The third kappa shape index (κ3) is 3.52. The summed E-state index contributed by atoms with van der Waals surface area (Å²) >= 11 is 3.56. The van der Waals surface area contributed by atoms with E-state index in [2.05, 4.69) is 81.2 Å². The number of hydrogen-bond donors (Lipinski definition) is 0. The number of anilines is 1. The van der Waals surface area contributed by atoms with Crippen LogP contribution in [0.4, 0.5) is 5.69 Å². The van der Waals surface area contributed by atoms with Crippen molar-refractivity contribution in [3.63, 3.8) is 0 Å². The zero-order chi connectivity index (χ0) is 16.5. The van der Waals surface area contributed by atoms with Gasteiger partial charge in [0.2, 0.25) is 0 Å². The highest BCUT2D eigenvalue weighted by molar-refractivity contribution is 9.10. The van der Waals surface area contributed by atoms with E-state index in [-0.39, 0.29) is 0 Å². The molecule has 0 aromatic heterocycles. The fourth-order valence-electron chi connectivity index (χ4n) is 4.03. The molecule has 126 valence electrons. The van der Waals surface area contributed by atoms with Gasteiger partial charge < -0.3 is 4.90 Å². The molecule has 0 amide bonds. The van der Waals surface area contributed by atoms with Gasteiger partial charge in [0.25, 0.3) is 0 Å². The fraction of sp³-hybridized carbons (Fsp3) is 0.429. The Balaban J connectivity index is 1.29. The van der Waals surface area contributed by atoms with E-state index in [0.29, 0.717) is 0 Å². The molecule has 3 heteroatoms. The van der Waals surface area contributed by atoms with E-state index in [1.165, 1.54) is 47.3 Å². The molecule has 2 nitrogen and oxygen atoms in total. The van der Waals surface area contributed by atoms with Gasteiger partial charge in [0.05, 0.1) is 0 Å². The Morgan fingerprint density at radius 3 is 2.46 bits per heavy atom. The zero-order valence-corrected chi connectivity index (χ0v) is 15.9. The Labute approximate surface area is 153 Å². The number of rotatable bonds is 4. The molecule has 2 aromatic carbocycles. The Morgan fingerprint density at radius 1 is 1.00 bits per heavy atom. The lowest BCUT2D eigenvalue weighted by Gasteiger charge is -2.37. The maximum Gasteiger partial charge on any atom is 0.0397 e. The summed E-state index contributed by atoms with van der Waals surface area (Å²) in [6.45, 7) is 8.14. The third-order valence-electron chi connectivity index (χ3n) is 5.51. The zero-order valence-electron chi connectivity index (χ0n) is 14.3. The Kier molecular flexibility index (Phi) is 4.64. The second-order valence-corrected chi connectivity index (χ2v) is 8.15. The SMILES string of the molecule is Cc1cc(Br)ccc1N1CCN(CC2CC2c2ccccc2)CC1. The first kappa shape index (κ1) is 16.2. The van der Waals surface area contributed by atoms with Crippen LogP contribution in [0.15, 0.2) is 53.0 Å². The van der Waals surface area contributed by atoms with Crippen LogP contribution in [0.5, 0.6) is 0 Å². The minimum absolute atomic E-state index is 0.804. The first-order valence-electron chi connectivity index (χ1n) is 8.99. The van der Waals surface area contributed by atoms with Gasteiger partial charge in [-0.15, -0.1) is 0 Å². The second kappa shape index (κ2) is 6.89. The molecule has 4 rings (SSSR count). The predicted octanol–water partition coefficient (Wildman–Crippen LogP) is 4.68. The lowest BCUT2D eigenvalue weighted by Crippen LogP contribution is -2.47. The standard InChI is InChI=1S/C21H25BrN2/c1-16-13-19(22)7-8-21(16)24-11-9-23(10-12-24)15-18-14-20(18)17-5-3-2-4-6-17/h2-8,13,18,20H,9-12,14-15H2,1H3. The minimum Gasteiger partial charge on any atom is -0.369 e. The lowest BCUT2D eigenvalue weighted by molar-refractivity contribution is 0.246. The molecule has 24 heavy (non-hydrogen) atoms. The van der Waals surface area contributed by atoms with Crippen LogP contribution < -0.4 is 4.90 Å². The molecule has 2 fully saturated rings. The van der Waals surface area contributed by atoms with E-state index in [0.717, 1.165) is 24.9 Å². The van der Waals surface area contributed by atoms with Crippen LogP contribution in [0.3, 0.4) is 0 Å². The molecule has 2 atom stereocenters. The van der Waals surface area contributed by atoms with Crippen LogP contribution in [-0.2, 0) is 0 Å². The first-order valence-corrected chi connectivity index (χ1v) is 9.78. The fourth-order valence-corrected chi connectivity index (χ4v) is 4.51. The van der Waals surface area contributed by atoms with E-state index in [1.54, 1.807) is 0 Å². The minimum atomic E-state index is 0.804. The molecule has 0 radical (unpaired) electrons. The summed E-state index contributed by atoms with van der Waals surface area (Å²) in [4.78, 5) is 5.21. The summed E-state index contributed by atoms with van der Waals surface area (Å²) < 4.78 is 1.17. The van der Waals surface area contributed by atoms with Crippen LogP contribution in [-0.4, -0.2) is 37.6 Å². The number of piperazine rings is 1. The van der Waals surface area contributed by atoms with E-state index < -0.39 is 0 Å². The molecule has 0 spiro atoms. The number of aryl methyl sites for hydroxylation is 1. The molecule has 1 saturated heterocycles. The number of benzene rings is 2. The summed E-state index contributed by atoms with van der Waals surface area (Å²) in [6.07, 6.45) is 1.37. The highest BCUT2D eigenvalue weighted by Gasteiger charge is 2.39. The van der Waals surface area contributed by atoms with Crippen molar-refractivity contribution in [2.45, 2.75) is 19.3 Å². The van der Waals surface area contributed by atoms with Crippen molar-refractivity contribution in [2.75, 3.05) is 37.6 Å². The Bertz CT molecular complexity index is 692. The van der Waals surface area contributed by atoms with Crippen molar-refractivity contribution in [2.24, 2.45) is 5.92 Å². The summed E-state index contributed by atoms with van der Waals surface area (Å²) in [7, 11) is 0. The highest BCUT2D eigenvalue weighted by Crippen LogP contribution is 2.47. The molecule has 2 aliphatic rings. The van der Waals surface area contributed by atoms with Gasteiger partial charge >= 0.3 is 0 Å². The van der Waals surface area contributed by atoms with E-state index in [9.17, 15) is 0 Å². The van der Waals surface area contributed by atoms with Gasteiger partial charge in [-0.2, -0.15) is 0 Å². The summed E-state index contributed by atoms with van der Waals surface area (Å²) in [5.74, 6) is 1.67. The van der Waals surface area contributed by atoms with Crippen LogP contribution >= 0.6 is 15.9 Å². The van der Waals surface area contributed by atoms with Gasteiger partial charge in [0.15, 0.2) is 0 Å². The largest absolute Gasteiger partial charge is 0.369 e. The first-order chi connectivity index (χ1) is 11.7.